The Morgan fingerprint density at radius 2 is 2.10 bits per heavy atom. The molecule has 2 aromatic rings. The monoisotopic (exact) mass is 305 g/mol. The molecule has 1 aliphatic carbocycles. The van der Waals surface area contributed by atoms with Crippen LogP contribution in [0.25, 0.3) is 10.4 Å². The van der Waals surface area contributed by atoms with E-state index in [-0.39, 0.29) is 0 Å². The molecule has 2 aromatic heterocycles. The lowest BCUT2D eigenvalue weighted by Crippen LogP contribution is -2.33. The molecule has 0 aliphatic heterocycles. The summed E-state index contributed by atoms with van der Waals surface area (Å²) in [5, 5.41) is 8.24. The highest BCUT2D eigenvalue weighted by Gasteiger charge is 2.19. The molecule has 108 valence electrons. The quantitative estimate of drug-likeness (QED) is 0.732. The van der Waals surface area contributed by atoms with E-state index < -0.39 is 0 Å². The van der Waals surface area contributed by atoms with Crippen molar-refractivity contribution >= 4 is 22.7 Å². The molecule has 0 spiro atoms. The van der Waals surface area contributed by atoms with Crippen LogP contribution in [0.5, 0.6) is 0 Å². The second-order valence-corrected chi connectivity index (χ2v) is 7.83. The van der Waals surface area contributed by atoms with Gasteiger partial charge in [-0.15, -0.1) is 22.7 Å². The fourth-order valence-electron chi connectivity index (χ4n) is 3.07. The standard InChI is InChI=1S/C17H23NS2/c1-13-6-3-2-4-7-16(13)18-11-15-10-14(12-20-15)17-8-5-9-19-17/h5,8-10,12-13,16,18H,2-4,6-7,11H2,1H3. The average Bonchev–Trinajstić information content (AvgIpc) is 3.08. The maximum Gasteiger partial charge on any atom is 0.0351 e. The van der Waals surface area contributed by atoms with Crippen LogP contribution in [0.4, 0.5) is 0 Å². The predicted octanol–water partition coefficient (Wildman–Crippen LogP) is 5.54. The van der Waals surface area contributed by atoms with Crippen LogP contribution < -0.4 is 5.32 Å². The summed E-state index contributed by atoms with van der Waals surface area (Å²) in [6, 6.07) is 7.40. The number of hydrogen-bond donors (Lipinski definition) is 1. The third-order valence-corrected chi connectivity index (χ3v) is 6.22. The zero-order chi connectivity index (χ0) is 13.8. The van der Waals surface area contributed by atoms with Gasteiger partial charge in [-0.2, -0.15) is 0 Å². The molecule has 0 radical (unpaired) electrons. The maximum atomic E-state index is 3.80. The minimum Gasteiger partial charge on any atom is -0.309 e. The van der Waals surface area contributed by atoms with Gasteiger partial charge in [0.25, 0.3) is 0 Å². The minimum absolute atomic E-state index is 0.713. The van der Waals surface area contributed by atoms with Crippen LogP contribution in [-0.4, -0.2) is 6.04 Å². The van der Waals surface area contributed by atoms with E-state index in [9.17, 15) is 0 Å². The lowest BCUT2D eigenvalue weighted by Gasteiger charge is -2.22. The maximum absolute atomic E-state index is 3.80. The number of nitrogens with one attached hydrogen (secondary N) is 1. The van der Waals surface area contributed by atoms with E-state index in [0.717, 1.165) is 12.5 Å². The Balaban J connectivity index is 1.58. The first kappa shape index (κ1) is 14.3. The Bertz CT molecular complexity index is 515. The number of rotatable bonds is 4. The Hall–Kier alpha value is -0.640. The molecule has 1 aliphatic rings. The van der Waals surface area contributed by atoms with E-state index >= 15 is 0 Å². The normalized spacial score (nSPS) is 23.6. The Labute approximate surface area is 130 Å². The number of thiophene rings is 2. The van der Waals surface area contributed by atoms with E-state index in [1.807, 2.05) is 22.7 Å². The summed E-state index contributed by atoms with van der Waals surface area (Å²) in [6.45, 7) is 3.44. The van der Waals surface area contributed by atoms with Crippen LogP contribution in [0.15, 0.2) is 29.0 Å². The van der Waals surface area contributed by atoms with Gasteiger partial charge in [-0.1, -0.05) is 32.3 Å². The summed E-state index contributed by atoms with van der Waals surface area (Å²) in [5.41, 5.74) is 1.38. The largest absolute Gasteiger partial charge is 0.309 e. The van der Waals surface area contributed by atoms with Gasteiger partial charge in [0.05, 0.1) is 0 Å². The predicted molar refractivity (Wildman–Crippen MR) is 90.5 cm³/mol. The van der Waals surface area contributed by atoms with Crippen molar-refractivity contribution in [3.05, 3.63) is 33.8 Å². The first-order valence-corrected chi connectivity index (χ1v) is 9.43. The second kappa shape index (κ2) is 6.88. The molecule has 2 unspecified atom stereocenters. The molecule has 1 N–H and O–H groups in total. The van der Waals surface area contributed by atoms with Crippen molar-refractivity contribution in [1.29, 1.82) is 0 Å². The van der Waals surface area contributed by atoms with E-state index in [2.05, 4.69) is 41.2 Å². The highest BCUT2D eigenvalue weighted by molar-refractivity contribution is 7.14. The second-order valence-electron chi connectivity index (χ2n) is 5.88. The molecule has 1 saturated carbocycles. The SMILES string of the molecule is CC1CCCCCC1NCc1cc(-c2cccs2)cs1. The fraction of sp³-hybridized carbons (Fsp3) is 0.529. The van der Waals surface area contributed by atoms with Crippen molar-refractivity contribution in [3.8, 4) is 10.4 Å². The zero-order valence-corrected chi connectivity index (χ0v) is 13.7. The van der Waals surface area contributed by atoms with Gasteiger partial charge in [0, 0.05) is 27.9 Å². The topological polar surface area (TPSA) is 12.0 Å². The van der Waals surface area contributed by atoms with Gasteiger partial charge >= 0.3 is 0 Å². The lowest BCUT2D eigenvalue weighted by molar-refractivity contribution is 0.357. The molecule has 1 nitrogen and oxygen atoms in total. The number of hydrogen-bond acceptors (Lipinski definition) is 3. The van der Waals surface area contributed by atoms with Crippen molar-refractivity contribution < 1.29 is 0 Å². The summed E-state index contributed by atoms with van der Waals surface area (Å²) in [7, 11) is 0. The summed E-state index contributed by atoms with van der Waals surface area (Å²) in [4.78, 5) is 2.85. The Kier molecular flexibility index (Phi) is 4.92. The van der Waals surface area contributed by atoms with Gasteiger partial charge in [-0.05, 0) is 41.7 Å². The highest BCUT2D eigenvalue weighted by Crippen LogP contribution is 2.29. The van der Waals surface area contributed by atoms with Crippen LogP contribution in [0.1, 0.15) is 43.9 Å². The molecule has 1 fully saturated rings. The molecule has 0 amide bonds. The molecule has 0 saturated heterocycles. The first-order valence-electron chi connectivity index (χ1n) is 7.67. The third kappa shape index (κ3) is 3.51. The van der Waals surface area contributed by atoms with Gasteiger partial charge in [0.1, 0.15) is 0 Å². The summed E-state index contributed by atoms with van der Waals surface area (Å²) >= 11 is 3.71. The van der Waals surface area contributed by atoms with Crippen LogP contribution in [-0.2, 0) is 6.54 Å². The van der Waals surface area contributed by atoms with Gasteiger partial charge in [-0.25, -0.2) is 0 Å². The highest BCUT2D eigenvalue weighted by atomic mass is 32.1. The van der Waals surface area contributed by atoms with E-state index in [0.29, 0.717) is 6.04 Å². The van der Waals surface area contributed by atoms with Crippen molar-refractivity contribution in [1.82, 2.24) is 5.32 Å². The van der Waals surface area contributed by atoms with Crippen LogP contribution in [0.2, 0.25) is 0 Å². The van der Waals surface area contributed by atoms with Crippen LogP contribution in [0.3, 0.4) is 0 Å². The summed E-state index contributed by atoms with van der Waals surface area (Å²) in [5.74, 6) is 0.828. The van der Waals surface area contributed by atoms with Crippen molar-refractivity contribution in [3.63, 3.8) is 0 Å². The van der Waals surface area contributed by atoms with Gasteiger partial charge < -0.3 is 5.32 Å². The third-order valence-electron chi connectivity index (χ3n) is 4.36. The molecule has 2 heterocycles. The van der Waals surface area contributed by atoms with Crippen molar-refractivity contribution in [2.75, 3.05) is 0 Å². The molecule has 3 heteroatoms. The van der Waals surface area contributed by atoms with Gasteiger partial charge in [0.2, 0.25) is 0 Å². The summed E-state index contributed by atoms with van der Waals surface area (Å²) in [6.07, 6.45) is 6.98. The van der Waals surface area contributed by atoms with E-state index in [4.69, 9.17) is 0 Å². The molecule has 3 rings (SSSR count). The molecular weight excluding hydrogens is 282 g/mol. The average molecular weight is 306 g/mol. The zero-order valence-electron chi connectivity index (χ0n) is 12.1. The molecule has 0 aromatic carbocycles. The van der Waals surface area contributed by atoms with Crippen molar-refractivity contribution in [2.45, 2.75) is 51.6 Å². The first-order chi connectivity index (χ1) is 9.83. The smallest absolute Gasteiger partial charge is 0.0351 e. The van der Waals surface area contributed by atoms with Gasteiger partial charge in [-0.3, -0.25) is 0 Å². The molecular formula is C17H23NS2. The Morgan fingerprint density at radius 3 is 2.95 bits per heavy atom. The molecule has 0 bridgehead atoms. The van der Waals surface area contributed by atoms with Crippen molar-refractivity contribution in [2.24, 2.45) is 5.92 Å². The van der Waals surface area contributed by atoms with E-state index in [1.165, 1.54) is 47.4 Å². The van der Waals surface area contributed by atoms with Gasteiger partial charge in [0.15, 0.2) is 0 Å². The van der Waals surface area contributed by atoms with Crippen LogP contribution >= 0.6 is 22.7 Å². The van der Waals surface area contributed by atoms with Crippen LogP contribution in [0, 0.1) is 5.92 Å². The fourth-order valence-corrected chi connectivity index (χ4v) is 4.70. The summed E-state index contributed by atoms with van der Waals surface area (Å²) < 4.78 is 0. The molecule has 20 heavy (non-hydrogen) atoms. The minimum atomic E-state index is 0.713. The van der Waals surface area contributed by atoms with E-state index in [1.54, 1.807) is 0 Å². The molecule has 2 atom stereocenters. The Morgan fingerprint density at radius 1 is 1.20 bits per heavy atom. The lowest BCUT2D eigenvalue weighted by atomic mass is 9.97.